The molecule has 1 fully saturated rings. The van der Waals surface area contributed by atoms with Crippen LogP contribution in [0.3, 0.4) is 0 Å². The average molecular weight is 228 g/mol. The molecule has 1 N–H and O–H groups in total. The van der Waals surface area contributed by atoms with Gasteiger partial charge in [-0.3, -0.25) is 0 Å². The highest BCUT2D eigenvalue weighted by Gasteiger charge is 2.21. The first-order chi connectivity index (χ1) is 7.29. The topological polar surface area (TPSA) is 15.3 Å². The molecule has 0 heterocycles. The normalized spacial score (nSPS) is 17.5. The van der Waals surface area contributed by atoms with E-state index in [2.05, 4.69) is 24.1 Å². The summed E-state index contributed by atoms with van der Waals surface area (Å²) >= 11 is 5.44. The molecule has 1 aliphatic rings. The van der Waals surface area contributed by atoms with E-state index in [4.69, 9.17) is 12.2 Å². The van der Waals surface area contributed by atoms with Crippen LogP contribution in [0.25, 0.3) is 0 Å². The van der Waals surface area contributed by atoms with Gasteiger partial charge in [-0.25, -0.2) is 0 Å². The Balaban J connectivity index is 2.41. The lowest BCUT2D eigenvalue weighted by atomic mass is 9.94. The van der Waals surface area contributed by atoms with Crippen molar-refractivity contribution in [3.8, 4) is 0 Å². The Kier molecular flexibility index (Phi) is 5.99. The third-order valence-electron chi connectivity index (χ3n) is 3.14. The quantitative estimate of drug-likeness (QED) is 0.745. The summed E-state index contributed by atoms with van der Waals surface area (Å²) in [4.78, 5) is 2.38. The van der Waals surface area contributed by atoms with Gasteiger partial charge in [0.1, 0.15) is 0 Å². The number of hydrogen-bond donors (Lipinski definition) is 1. The Morgan fingerprint density at radius 1 is 1.27 bits per heavy atom. The molecule has 1 saturated carbocycles. The number of nitrogens with zero attached hydrogens (tertiary/aromatic N) is 1. The summed E-state index contributed by atoms with van der Waals surface area (Å²) in [7, 11) is 0. The van der Waals surface area contributed by atoms with Crippen LogP contribution in [0.15, 0.2) is 0 Å². The Labute approximate surface area is 99.4 Å². The van der Waals surface area contributed by atoms with Crippen molar-refractivity contribution in [3.05, 3.63) is 0 Å². The third kappa shape index (κ3) is 3.98. The predicted octanol–water partition coefficient (Wildman–Crippen LogP) is 2.93. The molecule has 0 atom stereocenters. The molecule has 0 aromatic carbocycles. The maximum atomic E-state index is 5.44. The molecule has 0 amide bonds. The molecule has 0 bridgehead atoms. The molecule has 0 radical (unpaired) electrons. The monoisotopic (exact) mass is 228 g/mol. The van der Waals surface area contributed by atoms with Crippen LogP contribution >= 0.6 is 12.2 Å². The maximum Gasteiger partial charge on any atom is 0.169 e. The Hall–Kier alpha value is -0.310. The number of rotatable bonds is 4. The van der Waals surface area contributed by atoms with Crippen molar-refractivity contribution in [1.29, 1.82) is 0 Å². The summed E-state index contributed by atoms with van der Waals surface area (Å²) in [6.45, 7) is 6.42. The molecule has 3 heteroatoms. The molecule has 0 aromatic heterocycles. The molecule has 88 valence electrons. The fourth-order valence-electron chi connectivity index (χ4n) is 2.29. The van der Waals surface area contributed by atoms with Crippen molar-refractivity contribution < 1.29 is 0 Å². The summed E-state index contributed by atoms with van der Waals surface area (Å²) < 4.78 is 0. The SMILES string of the molecule is CCCNC(=S)N(CC)C1CCCCC1. The molecule has 0 aliphatic heterocycles. The van der Waals surface area contributed by atoms with Gasteiger partial charge in [0.2, 0.25) is 0 Å². The first-order valence-electron chi connectivity index (χ1n) is 6.34. The van der Waals surface area contributed by atoms with Gasteiger partial charge in [0.15, 0.2) is 5.11 Å². The smallest absolute Gasteiger partial charge is 0.169 e. The molecule has 1 aliphatic carbocycles. The zero-order chi connectivity index (χ0) is 11.1. The first-order valence-corrected chi connectivity index (χ1v) is 6.74. The summed E-state index contributed by atoms with van der Waals surface area (Å²) in [5.41, 5.74) is 0. The zero-order valence-corrected chi connectivity index (χ0v) is 10.9. The van der Waals surface area contributed by atoms with E-state index in [1.807, 2.05) is 0 Å². The molecule has 0 aromatic rings. The van der Waals surface area contributed by atoms with Crippen molar-refractivity contribution in [2.75, 3.05) is 13.1 Å². The van der Waals surface area contributed by atoms with E-state index in [0.717, 1.165) is 24.6 Å². The zero-order valence-electron chi connectivity index (χ0n) is 10.1. The van der Waals surface area contributed by atoms with Crippen molar-refractivity contribution >= 4 is 17.3 Å². The van der Waals surface area contributed by atoms with E-state index in [1.54, 1.807) is 0 Å². The summed E-state index contributed by atoms with van der Waals surface area (Å²) in [5, 5.41) is 4.30. The lowest BCUT2D eigenvalue weighted by Crippen LogP contribution is -2.46. The molecule has 0 unspecified atom stereocenters. The average Bonchev–Trinajstić information content (AvgIpc) is 2.29. The Morgan fingerprint density at radius 3 is 2.47 bits per heavy atom. The van der Waals surface area contributed by atoms with Crippen LogP contribution in [-0.4, -0.2) is 29.1 Å². The minimum atomic E-state index is 0.695. The first kappa shape index (κ1) is 12.8. The standard InChI is InChI=1S/C12H24N2S/c1-3-10-13-12(15)14(4-2)11-8-6-5-7-9-11/h11H,3-10H2,1-2H3,(H,13,15). The number of nitrogens with one attached hydrogen (secondary N) is 1. The predicted molar refractivity (Wildman–Crippen MR) is 70.1 cm³/mol. The largest absolute Gasteiger partial charge is 0.363 e. The van der Waals surface area contributed by atoms with Crippen LogP contribution in [0.5, 0.6) is 0 Å². The van der Waals surface area contributed by atoms with Crippen LogP contribution in [-0.2, 0) is 0 Å². The summed E-state index contributed by atoms with van der Waals surface area (Å²) in [6.07, 6.45) is 7.93. The van der Waals surface area contributed by atoms with Gasteiger partial charge in [0.25, 0.3) is 0 Å². The van der Waals surface area contributed by atoms with Gasteiger partial charge < -0.3 is 10.2 Å². The van der Waals surface area contributed by atoms with E-state index < -0.39 is 0 Å². The van der Waals surface area contributed by atoms with Crippen LogP contribution in [0.2, 0.25) is 0 Å². The number of thiocarbonyl (C=S) groups is 1. The molecular formula is C12H24N2S. The van der Waals surface area contributed by atoms with Crippen LogP contribution in [0, 0.1) is 0 Å². The van der Waals surface area contributed by atoms with Crippen LogP contribution in [0.4, 0.5) is 0 Å². The van der Waals surface area contributed by atoms with Crippen LogP contribution in [0.1, 0.15) is 52.4 Å². The van der Waals surface area contributed by atoms with Gasteiger partial charge in [0, 0.05) is 19.1 Å². The van der Waals surface area contributed by atoms with Gasteiger partial charge in [-0.2, -0.15) is 0 Å². The molecule has 0 spiro atoms. The number of hydrogen-bond acceptors (Lipinski definition) is 1. The highest BCUT2D eigenvalue weighted by Crippen LogP contribution is 2.22. The van der Waals surface area contributed by atoms with E-state index in [0.29, 0.717) is 6.04 Å². The molecule has 1 rings (SSSR count). The fourth-order valence-corrected chi connectivity index (χ4v) is 2.67. The Bertz CT molecular complexity index is 188. The highest BCUT2D eigenvalue weighted by atomic mass is 32.1. The van der Waals surface area contributed by atoms with Crippen molar-refractivity contribution in [2.45, 2.75) is 58.4 Å². The second-order valence-electron chi connectivity index (χ2n) is 4.31. The van der Waals surface area contributed by atoms with Gasteiger partial charge in [-0.15, -0.1) is 0 Å². The second-order valence-corrected chi connectivity index (χ2v) is 4.70. The van der Waals surface area contributed by atoms with Crippen LogP contribution < -0.4 is 5.32 Å². The van der Waals surface area contributed by atoms with E-state index in [9.17, 15) is 0 Å². The van der Waals surface area contributed by atoms with Crippen molar-refractivity contribution in [3.63, 3.8) is 0 Å². The summed E-state index contributed by atoms with van der Waals surface area (Å²) in [5.74, 6) is 0. The molecular weight excluding hydrogens is 204 g/mol. The van der Waals surface area contributed by atoms with Gasteiger partial charge in [-0.1, -0.05) is 26.2 Å². The molecule has 0 saturated heterocycles. The third-order valence-corrected chi connectivity index (χ3v) is 3.52. The van der Waals surface area contributed by atoms with Crippen molar-refractivity contribution in [1.82, 2.24) is 10.2 Å². The minimum Gasteiger partial charge on any atom is -0.363 e. The van der Waals surface area contributed by atoms with Crippen molar-refractivity contribution in [2.24, 2.45) is 0 Å². The Morgan fingerprint density at radius 2 is 1.93 bits per heavy atom. The van der Waals surface area contributed by atoms with E-state index in [1.165, 1.54) is 32.1 Å². The van der Waals surface area contributed by atoms with Gasteiger partial charge >= 0.3 is 0 Å². The second kappa shape index (κ2) is 7.04. The van der Waals surface area contributed by atoms with Gasteiger partial charge in [-0.05, 0) is 38.4 Å². The summed E-state index contributed by atoms with van der Waals surface area (Å²) in [6, 6.07) is 0.695. The lowest BCUT2D eigenvalue weighted by molar-refractivity contribution is 0.249. The maximum absolute atomic E-state index is 5.44. The minimum absolute atomic E-state index is 0.695. The van der Waals surface area contributed by atoms with E-state index in [-0.39, 0.29) is 0 Å². The van der Waals surface area contributed by atoms with Gasteiger partial charge in [0.05, 0.1) is 0 Å². The molecule has 2 nitrogen and oxygen atoms in total. The molecule has 15 heavy (non-hydrogen) atoms. The lowest BCUT2D eigenvalue weighted by Gasteiger charge is -2.35. The fraction of sp³-hybridized carbons (Fsp3) is 0.917. The van der Waals surface area contributed by atoms with E-state index >= 15 is 0 Å². The highest BCUT2D eigenvalue weighted by molar-refractivity contribution is 7.80.